The van der Waals surface area contributed by atoms with Gasteiger partial charge in [-0.25, -0.2) is 0 Å². The second kappa shape index (κ2) is 8.63. The van der Waals surface area contributed by atoms with Crippen LogP contribution in [0.2, 0.25) is 5.02 Å². The van der Waals surface area contributed by atoms with E-state index in [2.05, 4.69) is 38.2 Å². The van der Waals surface area contributed by atoms with Crippen molar-refractivity contribution in [3.8, 4) is 5.75 Å². The van der Waals surface area contributed by atoms with Gasteiger partial charge in [0.15, 0.2) is 0 Å². The minimum Gasteiger partial charge on any atom is -1.00 e. The molecule has 104 valence electrons. The predicted octanol–water partition coefficient (Wildman–Crippen LogP) is -0.262. The molecule has 0 aliphatic heterocycles. The number of rotatable bonds is 6. The second-order valence-electron chi connectivity index (χ2n) is 4.60. The van der Waals surface area contributed by atoms with E-state index in [1.165, 1.54) is 5.56 Å². The normalized spacial score (nSPS) is 10.3. The smallest absolute Gasteiger partial charge is 0.141 e. The van der Waals surface area contributed by atoms with Crippen molar-refractivity contribution in [3.05, 3.63) is 28.3 Å². The molecule has 1 aromatic rings. The minimum absolute atomic E-state index is 0. The Bertz CT molecular complexity index is 367. The van der Waals surface area contributed by atoms with Crippen LogP contribution in [-0.2, 0) is 0 Å². The average molecular weight is 292 g/mol. The first-order valence-corrected chi connectivity index (χ1v) is 6.69. The van der Waals surface area contributed by atoms with Gasteiger partial charge in [0.05, 0.1) is 11.6 Å². The Kier molecular flexibility index (Phi) is 8.41. The molecule has 0 fully saturated rings. The lowest BCUT2D eigenvalue weighted by atomic mass is 10.0. The highest BCUT2D eigenvalue weighted by Crippen LogP contribution is 2.35. The number of nitrogens with two attached hydrogens (primary N) is 1. The molecule has 0 radical (unpaired) electrons. The molecule has 0 unspecified atom stereocenters. The monoisotopic (exact) mass is 291 g/mol. The second-order valence-corrected chi connectivity index (χ2v) is 4.98. The van der Waals surface area contributed by atoms with E-state index in [1.54, 1.807) is 0 Å². The van der Waals surface area contributed by atoms with Crippen LogP contribution in [0.25, 0.3) is 0 Å². The topological polar surface area (TPSA) is 25.8 Å². The Morgan fingerprint density at radius 3 is 2.56 bits per heavy atom. The Balaban J connectivity index is 0.00000289. The summed E-state index contributed by atoms with van der Waals surface area (Å²) in [7, 11) is 0. The third-order valence-corrected chi connectivity index (χ3v) is 3.27. The number of hydrogen-bond acceptors (Lipinski definition) is 1. The molecule has 0 aliphatic rings. The molecular formula is C14H23Cl2NO. The molecule has 1 rings (SSSR count). The Morgan fingerprint density at radius 1 is 1.33 bits per heavy atom. The number of likely N-dealkylation sites (N-methyl/N-ethyl adjacent to an activating group) is 1. The summed E-state index contributed by atoms with van der Waals surface area (Å²) in [6.45, 7) is 11.2. The largest absolute Gasteiger partial charge is 1.00 e. The van der Waals surface area contributed by atoms with Crippen LogP contribution in [0.4, 0.5) is 0 Å². The number of ether oxygens (including phenoxy) is 1. The summed E-state index contributed by atoms with van der Waals surface area (Å²) in [5, 5.41) is 2.98. The van der Waals surface area contributed by atoms with Crippen molar-refractivity contribution in [2.45, 2.75) is 33.6 Å². The van der Waals surface area contributed by atoms with E-state index >= 15 is 0 Å². The molecule has 0 aliphatic carbocycles. The van der Waals surface area contributed by atoms with E-state index in [-0.39, 0.29) is 12.4 Å². The molecule has 0 bridgehead atoms. The lowest BCUT2D eigenvalue weighted by molar-refractivity contribution is -0.652. The van der Waals surface area contributed by atoms with E-state index in [0.29, 0.717) is 12.5 Å². The lowest BCUT2D eigenvalue weighted by Gasteiger charge is -2.16. The zero-order valence-corrected chi connectivity index (χ0v) is 13.1. The molecule has 18 heavy (non-hydrogen) atoms. The van der Waals surface area contributed by atoms with Crippen molar-refractivity contribution >= 4 is 11.6 Å². The van der Waals surface area contributed by atoms with Crippen molar-refractivity contribution in [2.24, 2.45) is 0 Å². The number of quaternary nitrogens is 1. The van der Waals surface area contributed by atoms with E-state index in [9.17, 15) is 0 Å². The van der Waals surface area contributed by atoms with Crippen LogP contribution in [0.15, 0.2) is 12.1 Å². The quantitative estimate of drug-likeness (QED) is 0.718. The van der Waals surface area contributed by atoms with E-state index in [0.717, 1.165) is 29.4 Å². The fraction of sp³-hybridized carbons (Fsp3) is 0.571. The van der Waals surface area contributed by atoms with Crippen LogP contribution in [0, 0.1) is 6.92 Å². The first-order chi connectivity index (χ1) is 8.07. The molecule has 0 aromatic heterocycles. The highest BCUT2D eigenvalue weighted by Gasteiger charge is 2.13. The summed E-state index contributed by atoms with van der Waals surface area (Å²) < 4.78 is 5.85. The first kappa shape index (κ1) is 17.6. The third kappa shape index (κ3) is 4.68. The third-order valence-electron chi connectivity index (χ3n) is 2.80. The standard InChI is InChI=1S/C14H22ClNO.ClH/c1-5-16-8-9-17-14-12(10(2)3)7-6-11(4)13(14)15;/h6-7,10,16H,5,8-9H2,1-4H3;1H. The van der Waals surface area contributed by atoms with Crippen LogP contribution in [0.1, 0.15) is 37.8 Å². The van der Waals surface area contributed by atoms with Crippen LogP contribution in [0.3, 0.4) is 0 Å². The maximum absolute atomic E-state index is 6.32. The van der Waals surface area contributed by atoms with Gasteiger partial charge in [0.2, 0.25) is 0 Å². The maximum Gasteiger partial charge on any atom is 0.141 e. The van der Waals surface area contributed by atoms with Crippen molar-refractivity contribution in [2.75, 3.05) is 19.7 Å². The molecule has 2 nitrogen and oxygen atoms in total. The summed E-state index contributed by atoms with van der Waals surface area (Å²) in [6, 6.07) is 4.17. The summed E-state index contributed by atoms with van der Waals surface area (Å²) in [5.41, 5.74) is 2.27. The zero-order chi connectivity index (χ0) is 12.8. The molecule has 4 heteroatoms. The lowest BCUT2D eigenvalue weighted by Crippen LogP contribution is -3.00. The predicted molar refractivity (Wildman–Crippen MR) is 73.1 cm³/mol. The molecule has 1 aromatic carbocycles. The number of benzene rings is 1. The van der Waals surface area contributed by atoms with Crippen LogP contribution in [-0.4, -0.2) is 19.7 Å². The van der Waals surface area contributed by atoms with Gasteiger partial charge in [0.1, 0.15) is 18.9 Å². The van der Waals surface area contributed by atoms with Gasteiger partial charge in [0.25, 0.3) is 0 Å². The molecule has 0 heterocycles. The van der Waals surface area contributed by atoms with Crippen molar-refractivity contribution in [1.82, 2.24) is 0 Å². The summed E-state index contributed by atoms with van der Waals surface area (Å²) in [5.74, 6) is 1.30. The molecule has 0 amide bonds. The molecule has 0 spiro atoms. The highest BCUT2D eigenvalue weighted by molar-refractivity contribution is 6.33. The van der Waals surface area contributed by atoms with Gasteiger partial charge in [-0.05, 0) is 30.9 Å². The first-order valence-electron chi connectivity index (χ1n) is 6.31. The molecule has 2 N–H and O–H groups in total. The molecule has 0 atom stereocenters. The zero-order valence-electron chi connectivity index (χ0n) is 11.6. The van der Waals surface area contributed by atoms with Gasteiger partial charge in [-0.2, -0.15) is 0 Å². The van der Waals surface area contributed by atoms with Crippen molar-refractivity contribution < 1.29 is 22.5 Å². The van der Waals surface area contributed by atoms with Crippen LogP contribution in [0.5, 0.6) is 5.75 Å². The number of aryl methyl sites for hydroxylation is 1. The molecule has 0 saturated carbocycles. The van der Waals surface area contributed by atoms with Crippen molar-refractivity contribution in [1.29, 1.82) is 0 Å². The fourth-order valence-corrected chi connectivity index (χ4v) is 1.95. The number of halogens is 2. The average Bonchev–Trinajstić information content (AvgIpc) is 2.29. The van der Waals surface area contributed by atoms with Crippen LogP contribution >= 0.6 is 11.6 Å². The summed E-state index contributed by atoms with van der Waals surface area (Å²) >= 11 is 6.32. The SMILES string of the molecule is CC[NH2+]CCOc1c(C(C)C)ccc(C)c1Cl.[Cl-]. The Labute approximate surface area is 121 Å². The van der Waals surface area contributed by atoms with E-state index in [4.69, 9.17) is 16.3 Å². The van der Waals surface area contributed by atoms with E-state index in [1.807, 2.05) is 6.92 Å². The Hall–Kier alpha value is -0.440. The molecule has 0 saturated heterocycles. The van der Waals surface area contributed by atoms with Crippen LogP contribution < -0.4 is 22.5 Å². The van der Waals surface area contributed by atoms with Gasteiger partial charge in [0, 0.05) is 0 Å². The van der Waals surface area contributed by atoms with E-state index < -0.39 is 0 Å². The van der Waals surface area contributed by atoms with Gasteiger partial charge in [-0.15, -0.1) is 0 Å². The van der Waals surface area contributed by atoms with Gasteiger partial charge < -0.3 is 22.5 Å². The highest BCUT2D eigenvalue weighted by atomic mass is 35.5. The number of hydrogen-bond donors (Lipinski definition) is 1. The van der Waals surface area contributed by atoms with Gasteiger partial charge in [-0.3, -0.25) is 0 Å². The van der Waals surface area contributed by atoms with Gasteiger partial charge >= 0.3 is 0 Å². The van der Waals surface area contributed by atoms with Crippen molar-refractivity contribution in [3.63, 3.8) is 0 Å². The fourth-order valence-electron chi connectivity index (χ4n) is 1.72. The van der Waals surface area contributed by atoms with Gasteiger partial charge in [-0.1, -0.05) is 37.6 Å². The molecular weight excluding hydrogens is 269 g/mol. The summed E-state index contributed by atoms with van der Waals surface area (Å²) in [6.07, 6.45) is 0. The summed E-state index contributed by atoms with van der Waals surface area (Å²) in [4.78, 5) is 0. The maximum atomic E-state index is 6.32. The minimum atomic E-state index is 0. The Morgan fingerprint density at radius 2 is 2.00 bits per heavy atom.